The maximum absolute atomic E-state index is 12.6. The molecule has 1 aliphatic heterocycles. The molecule has 0 spiro atoms. The third-order valence-corrected chi connectivity index (χ3v) is 3.33. The van der Waals surface area contributed by atoms with Gasteiger partial charge in [-0.3, -0.25) is 0 Å². The van der Waals surface area contributed by atoms with Crippen molar-refractivity contribution in [3.63, 3.8) is 0 Å². The second kappa shape index (κ2) is 5.10. The zero-order valence-electron chi connectivity index (χ0n) is 10.1. The predicted molar refractivity (Wildman–Crippen MR) is 63.6 cm³/mol. The third-order valence-electron chi connectivity index (χ3n) is 3.33. The van der Waals surface area contributed by atoms with Crippen LogP contribution in [0.3, 0.4) is 0 Å². The van der Waals surface area contributed by atoms with Crippen LogP contribution in [0, 0.1) is 11.3 Å². The maximum Gasteiger partial charge on any atom is 0.416 e. The molecule has 1 N–H and O–H groups in total. The number of anilines is 1. The quantitative estimate of drug-likeness (QED) is 0.898. The molecular weight excluding hydrogens is 257 g/mol. The minimum atomic E-state index is -4.64. The summed E-state index contributed by atoms with van der Waals surface area (Å²) in [4.78, 5) is 1.48. The Morgan fingerprint density at radius 3 is 2.68 bits per heavy atom. The highest BCUT2D eigenvalue weighted by atomic mass is 19.4. The van der Waals surface area contributed by atoms with Gasteiger partial charge in [-0.05, 0) is 25.0 Å². The van der Waals surface area contributed by atoms with Crippen LogP contribution >= 0.6 is 0 Å². The van der Waals surface area contributed by atoms with Crippen LogP contribution in [0.5, 0.6) is 0 Å². The van der Waals surface area contributed by atoms with Crippen molar-refractivity contribution in [1.29, 1.82) is 5.26 Å². The van der Waals surface area contributed by atoms with Gasteiger partial charge < -0.3 is 10.0 Å². The Morgan fingerprint density at radius 1 is 1.37 bits per heavy atom. The van der Waals surface area contributed by atoms with Gasteiger partial charge in [0.15, 0.2) is 6.10 Å². The van der Waals surface area contributed by atoms with Gasteiger partial charge in [0.25, 0.3) is 0 Å². The molecule has 1 saturated heterocycles. The van der Waals surface area contributed by atoms with Gasteiger partial charge in [0.2, 0.25) is 0 Å². The number of benzene rings is 1. The van der Waals surface area contributed by atoms with E-state index in [9.17, 15) is 18.3 Å². The number of rotatable bonds is 2. The summed E-state index contributed by atoms with van der Waals surface area (Å²) in [5.74, 6) is 0. The molecule has 2 rings (SSSR count). The zero-order valence-corrected chi connectivity index (χ0v) is 10.1. The fraction of sp³-hybridized carbons (Fsp3) is 0.462. The lowest BCUT2D eigenvalue weighted by Crippen LogP contribution is -2.47. The molecule has 2 atom stereocenters. The van der Waals surface area contributed by atoms with E-state index in [-0.39, 0.29) is 6.42 Å². The third kappa shape index (κ3) is 2.66. The first-order valence-electron chi connectivity index (χ1n) is 5.95. The van der Waals surface area contributed by atoms with Crippen molar-refractivity contribution in [3.05, 3.63) is 29.8 Å². The highest BCUT2D eigenvalue weighted by molar-refractivity contribution is 5.60. The Kier molecular flexibility index (Phi) is 3.67. The molecule has 3 nitrogen and oxygen atoms in total. The lowest BCUT2D eigenvalue weighted by Gasteiger charge is -2.31. The van der Waals surface area contributed by atoms with Gasteiger partial charge >= 0.3 is 6.18 Å². The topological polar surface area (TPSA) is 47.3 Å². The predicted octanol–water partition coefficient (Wildman–Crippen LogP) is 2.45. The van der Waals surface area contributed by atoms with Crippen molar-refractivity contribution in [2.24, 2.45) is 0 Å². The van der Waals surface area contributed by atoms with Gasteiger partial charge in [0.1, 0.15) is 6.07 Å². The summed E-state index contributed by atoms with van der Waals surface area (Å²) in [6.45, 7) is 0.413. The first kappa shape index (κ1) is 13.7. The number of alkyl halides is 3. The minimum absolute atomic E-state index is 0.264. The molecule has 0 saturated carbocycles. The van der Waals surface area contributed by atoms with E-state index < -0.39 is 18.3 Å². The van der Waals surface area contributed by atoms with Crippen molar-refractivity contribution < 1.29 is 18.3 Å². The molecule has 1 fully saturated rings. The Balaban J connectivity index is 2.32. The first-order valence-corrected chi connectivity index (χ1v) is 5.95. The Hall–Kier alpha value is -1.74. The summed E-state index contributed by atoms with van der Waals surface area (Å²) < 4.78 is 37.9. The average molecular weight is 270 g/mol. The van der Waals surface area contributed by atoms with Crippen molar-refractivity contribution in [1.82, 2.24) is 0 Å². The number of aliphatic hydroxyl groups is 1. The van der Waals surface area contributed by atoms with E-state index >= 15 is 0 Å². The monoisotopic (exact) mass is 270 g/mol. The Labute approximate surface area is 108 Å². The molecule has 1 aromatic rings. The summed E-state index contributed by atoms with van der Waals surface area (Å²) in [7, 11) is 0. The van der Waals surface area contributed by atoms with Crippen LogP contribution in [0.25, 0.3) is 0 Å². The second-order valence-corrected chi connectivity index (χ2v) is 4.52. The minimum Gasteiger partial charge on any atom is -0.382 e. The van der Waals surface area contributed by atoms with Crippen LogP contribution < -0.4 is 4.90 Å². The maximum atomic E-state index is 12.6. The van der Waals surface area contributed by atoms with E-state index in [0.29, 0.717) is 24.2 Å². The number of aliphatic hydroxyl groups excluding tert-OH is 1. The number of nitrogens with zero attached hydrogens (tertiary/aromatic N) is 2. The fourth-order valence-electron chi connectivity index (χ4n) is 2.46. The molecule has 1 heterocycles. The van der Waals surface area contributed by atoms with Crippen molar-refractivity contribution in [2.75, 3.05) is 11.4 Å². The molecule has 6 heteroatoms. The number of hydrogen-bond acceptors (Lipinski definition) is 3. The van der Waals surface area contributed by atoms with Gasteiger partial charge in [-0.15, -0.1) is 0 Å². The van der Waals surface area contributed by atoms with Gasteiger partial charge in [-0.25, -0.2) is 0 Å². The van der Waals surface area contributed by atoms with E-state index in [2.05, 4.69) is 0 Å². The van der Waals surface area contributed by atoms with E-state index in [1.54, 1.807) is 24.3 Å². The standard InChI is InChI=1S/C13H13F3N2O/c14-13(15,16)12(19)11-6-3-7-18(11)10-5-2-1-4-9(10)8-17/h1-2,4-5,11-12,19H,3,6-7H2/t11-,12+/m1/s1. The van der Waals surface area contributed by atoms with Crippen LogP contribution in [0.2, 0.25) is 0 Å². The van der Waals surface area contributed by atoms with E-state index in [1.165, 1.54) is 4.90 Å². The normalized spacial score (nSPS) is 21.2. The van der Waals surface area contributed by atoms with Crippen molar-refractivity contribution in [2.45, 2.75) is 31.2 Å². The highest BCUT2D eigenvalue weighted by Crippen LogP contribution is 2.34. The van der Waals surface area contributed by atoms with Crippen LogP contribution in [-0.4, -0.2) is 30.0 Å². The lowest BCUT2D eigenvalue weighted by atomic mass is 10.1. The average Bonchev–Trinajstić information content (AvgIpc) is 2.85. The largest absolute Gasteiger partial charge is 0.416 e. The molecule has 19 heavy (non-hydrogen) atoms. The second-order valence-electron chi connectivity index (χ2n) is 4.52. The number of halogens is 3. The highest BCUT2D eigenvalue weighted by Gasteiger charge is 2.47. The van der Waals surface area contributed by atoms with Crippen molar-refractivity contribution in [3.8, 4) is 6.07 Å². The Bertz CT molecular complexity index is 495. The first-order chi connectivity index (χ1) is 8.95. The number of nitriles is 1. The van der Waals surface area contributed by atoms with Crippen molar-refractivity contribution >= 4 is 5.69 Å². The van der Waals surface area contributed by atoms with E-state index in [1.807, 2.05) is 6.07 Å². The van der Waals surface area contributed by atoms with Crippen LogP contribution in [0.4, 0.5) is 18.9 Å². The van der Waals surface area contributed by atoms with Gasteiger partial charge in [-0.2, -0.15) is 18.4 Å². The molecule has 1 aromatic carbocycles. The summed E-state index contributed by atoms with van der Waals surface area (Å²) in [5.41, 5.74) is 0.777. The molecule has 0 aromatic heterocycles. The summed E-state index contributed by atoms with van der Waals surface area (Å²) in [6.07, 6.45) is -6.20. The smallest absolute Gasteiger partial charge is 0.382 e. The molecular formula is C13H13F3N2O. The van der Waals surface area contributed by atoms with Crippen LogP contribution in [0.15, 0.2) is 24.3 Å². The van der Waals surface area contributed by atoms with E-state index in [4.69, 9.17) is 5.26 Å². The van der Waals surface area contributed by atoms with Crippen LogP contribution in [-0.2, 0) is 0 Å². The Morgan fingerprint density at radius 2 is 2.05 bits per heavy atom. The summed E-state index contributed by atoms with van der Waals surface area (Å²) in [5, 5.41) is 18.4. The number of hydrogen-bond donors (Lipinski definition) is 1. The van der Waals surface area contributed by atoms with Gasteiger partial charge in [0, 0.05) is 6.54 Å². The fourth-order valence-corrected chi connectivity index (χ4v) is 2.46. The molecule has 102 valence electrons. The lowest BCUT2D eigenvalue weighted by molar-refractivity contribution is -0.209. The van der Waals surface area contributed by atoms with Gasteiger partial charge in [0.05, 0.1) is 17.3 Å². The molecule has 0 amide bonds. The molecule has 0 aliphatic carbocycles. The molecule has 0 bridgehead atoms. The molecule has 0 unspecified atom stereocenters. The summed E-state index contributed by atoms with van der Waals surface area (Å²) in [6, 6.07) is 7.45. The van der Waals surface area contributed by atoms with Gasteiger partial charge in [-0.1, -0.05) is 12.1 Å². The SMILES string of the molecule is N#Cc1ccccc1N1CCC[C@@H]1[C@H](O)C(F)(F)F. The van der Waals surface area contributed by atoms with E-state index in [0.717, 1.165) is 0 Å². The molecule has 1 aliphatic rings. The van der Waals surface area contributed by atoms with Crippen LogP contribution in [0.1, 0.15) is 18.4 Å². The molecule has 0 radical (unpaired) electrons. The zero-order chi connectivity index (χ0) is 14.0. The summed E-state index contributed by atoms with van der Waals surface area (Å²) >= 11 is 0. The number of para-hydroxylation sites is 1.